The van der Waals surface area contributed by atoms with Crippen LogP contribution in [0.3, 0.4) is 0 Å². The average Bonchev–Trinajstić information content (AvgIpc) is 2.74. The van der Waals surface area contributed by atoms with Crippen LogP contribution in [-0.2, 0) is 4.79 Å². The van der Waals surface area contributed by atoms with Crippen LogP contribution < -0.4 is 0 Å². The highest BCUT2D eigenvalue weighted by Gasteiger charge is 2.69. The molecule has 0 bridgehead atoms. The Hall–Kier alpha value is -0.250. The van der Waals surface area contributed by atoms with Gasteiger partial charge in [0.15, 0.2) is 0 Å². The van der Waals surface area contributed by atoms with E-state index in [1.165, 1.54) is 6.08 Å². The van der Waals surface area contributed by atoms with E-state index >= 15 is 0 Å². The quantitative estimate of drug-likeness (QED) is 0.789. The van der Waals surface area contributed by atoms with E-state index in [1.54, 1.807) is 6.08 Å². The maximum absolute atomic E-state index is 13.3. The van der Waals surface area contributed by atoms with Crippen molar-refractivity contribution < 1.29 is 14.3 Å². The van der Waals surface area contributed by atoms with Gasteiger partial charge in [0.2, 0.25) is 0 Å². The highest BCUT2D eigenvalue weighted by atomic mass is 35.5. The molecule has 0 aliphatic heterocycles. The fourth-order valence-corrected chi connectivity index (χ4v) is 3.18. The number of rotatable bonds is 2. The summed E-state index contributed by atoms with van der Waals surface area (Å²) in [5.74, 6) is -3.10. The maximum Gasteiger partial charge on any atom is 0.309 e. The van der Waals surface area contributed by atoms with Crippen LogP contribution in [0.4, 0.5) is 4.39 Å². The fourth-order valence-electron chi connectivity index (χ4n) is 2.12. The average molecular weight is 286 g/mol. The third-order valence-corrected chi connectivity index (χ3v) is 4.31. The van der Waals surface area contributed by atoms with Gasteiger partial charge in [-0.25, -0.2) is 4.39 Å². The number of halogens is 4. The number of aliphatic carboxylic acids is 1. The van der Waals surface area contributed by atoms with Crippen LogP contribution >= 0.6 is 34.8 Å². The number of alkyl halides is 2. The van der Waals surface area contributed by atoms with E-state index in [1.807, 2.05) is 0 Å². The second-order valence-electron chi connectivity index (χ2n) is 4.00. The molecule has 0 aromatic carbocycles. The number of carbonyl (C=O) groups is 1. The smallest absolute Gasteiger partial charge is 0.309 e. The fraction of sp³-hybridized carbons (Fsp3) is 0.500. The SMILES string of the molecule is O=C(O)C1C(C2C=CC(Cl)=C(F)C2)C1(Cl)Cl. The van der Waals surface area contributed by atoms with Gasteiger partial charge in [-0.2, -0.15) is 0 Å². The minimum Gasteiger partial charge on any atom is -0.481 e. The van der Waals surface area contributed by atoms with Gasteiger partial charge >= 0.3 is 5.97 Å². The summed E-state index contributed by atoms with van der Waals surface area (Å²) < 4.78 is 12.0. The Kier molecular flexibility index (Phi) is 2.97. The van der Waals surface area contributed by atoms with Gasteiger partial charge in [-0.05, 0) is 12.0 Å². The minimum atomic E-state index is -1.30. The zero-order valence-corrected chi connectivity index (χ0v) is 10.2. The van der Waals surface area contributed by atoms with Gasteiger partial charge in [0.05, 0.1) is 11.0 Å². The second-order valence-corrected chi connectivity index (χ2v) is 5.85. The van der Waals surface area contributed by atoms with Crippen LogP contribution in [0.2, 0.25) is 0 Å². The van der Waals surface area contributed by atoms with Gasteiger partial charge < -0.3 is 5.11 Å². The first-order valence-corrected chi connectivity index (χ1v) is 5.82. The molecule has 1 fully saturated rings. The predicted molar refractivity (Wildman–Crippen MR) is 60.3 cm³/mol. The number of carboxylic acid groups (broad SMARTS) is 1. The molecule has 0 aromatic heterocycles. The van der Waals surface area contributed by atoms with E-state index in [-0.39, 0.29) is 17.4 Å². The van der Waals surface area contributed by atoms with Crippen molar-refractivity contribution >= 4 is 40.8 Å². The molecule has 2 nitrogen and oxygen atoms in total. The van der Waals surface area contributed by atoms with E-state index in [0.29, 0.717) is 0 Å². The van der Waals surface area contributed by atoms with Gasteiger partial charge in [0.1, 0.15) is 10.2 Å². The molecular weight excluding hydrogens is 277 g/mol. The lowest BCUT2D eigenvalue weighted by atomic mass is 9.93. The van der Waals surface area contributed by atoms with E-state index in [4.69, 9.17) is 39.9 Å². The molecule has 3 unspecified atom stereocenters. The molecule has 3 atom stereocenters. The van der Waals surface area contributed by atoms with Crippen LogP contribution in [0.5, 0.6) is 0 Å². The van der Waals surface area contributed by atoms with Crippen molar-refractivity contribution in [3.8, 4) is 0 Å². The highest BCUT2D eigenvalue weighted by Crippen LogP contribution is 2.64. The molecule has 6 heteroatoms. The van der Waals surface area contributed by atoms with Crippen molar-refractivity contribution in [2.75, 3.05) is 0 Å². The third kappa shape index (κ3) is 1.85. The van der Waals surface area contributed by atoms with Crippen molar-refractivity contribution in [3.05, 3.63) is 23.0 Å². The molecule has 16 heavy (non-hydrogen) atoms. The first kappa shape index (κ1) is 12.2. The van der Waals surface area contributed by atoms with Crippen molar-refractivity contribution in [2.45, 2.75) is 10.8 Å². The van der Waals surface area contributed by atoms with Crippen LogP contribution in [0, 0.1) is 17.8 Å². The minimum absolute atomic E-state index is 0.0542. The van der Waals surface area contributed by atoms with Crippen LogP contribution in [0.1, 0.15) is 6.42 Å². The summed E-state index contributed by atoms with van der Waals surface area (Å²) in [6, 6.07) is 0. The lowest BCUT2D eigenvalue weighted by Crippen LogP contribution is -2.09. The van der Waals surface area contributed by atoms with Crippen molar-refractivity contribution in [1.29, 1.82) is 0 Å². The Balaban J connectivity index is 2.14. The van der Waals surface area contributed by atoms with Crippen molar-refractivity contribution in [3.63, 3.8) is 0 Å². The molecule has 0 aromatic rings. The van der Waals surface area contributed by atoms with Crippen molar-refractivity contribution in [1.82, 2.24) is 0 Å². The van der Waals surface area contributed by atoms with E-state index in [0.717, 1.165) is 0 Å². The number of carboxylic acids is 1. The van der Waals surface area contributed by atoms with Crippen LogP contribution in [0.15, 0.2) is 23.0 Å². The molecular formula is C10H8Cl3FO2. The molecule has 2 rings (SSSR count). The van der Waals surface area contributed by atoms with Crippen LogP contribution in [0.25, 0.3) is 0 Å². The Morgan fingerprint density at radius 3 is 2.62 bits per heavy atom. The third-order valence-electron chi connectivity index (χ3n) is 3.00. The lowest BCUT2D eigenvalue weighted by Gasteiger charge is -2.15. The molecule has 1 saturated carbocycles. The molecule has 0 saturated heterocycles. The normalized spacial score (nSPS) is 36.4. The number of allylic oxidation sites excluding steroid dienone is 4. The van der Waals surface area contributed by atoms with Gasteiger partial charge in [-0.15, -0.1) is 23.2 Å². The Bertz CT molecular complexity index is 403. The lowest BCUT2D eigenvalue weighted by molar-refractivity contribution is -0.139. The van der Waals surface area contributed by atoms with E-state index in [9.17, 15) is 9.18 Å². The summed E-state index contributed by atoms with van der Waals surface area (Å²) in [6.07, 6.45) is 3.15. The Morgan fingerprint density at radius 2 is 2.19 bits per heavy atom. The zero-order valence-electron chi connectivity index (χ0n) is 7.96. The highest BCUT2D eigenvalue weighted by molar-refractivity contribution is 6.52. The number of hydrogen-bond acceptors (Lipinski definition) is 1. The summed E-state index contributed by atoms with van der Waals surface area (Å²) in [6.45, 7) is 0. The summed E-state index contributed by atoms with van der Waals surface area (Å²) in [5, 5.41) is 8.94. The number of hydrogen-bond donors (Lipinski definition) is 1. The van der Waals surface area contributed by atoms with Gasteiger partial charge in [0, 0.05) is 12.3 Å². The standard InChI is InChI=1S/C10H8Cl3FO2/c11-5-2-1-4(3-6(5)14)7-8(9(15)16)10(7,12)13/h1-2,4,7-8H,3H2,(H,15,16). The summed E-state index contributed by atoms with van der Waals surface area (Å²) in [7, 11) is 0. The molecule has 88 valence electrons. The second kappa shape index (κ2) is 3.90. The largest absolute Gasteiger partial charge is 0.481 e. The molecule has 2 aliphatic carbocycles. The molecule has 0 heterocycles. The molecule has 0 spiro atoms. The van der Waals surface area contributed by atoms with Gasteiger partial charge in [-0.1, -0.05) is 17.7 Å². The zero-order chi connectivity index (χ0) is 12.1. The Labute approximate surface area is 107 Å². The molecule has 0 radical (unpaired) electrons. The van der Waals surface area contributed by atoms with Crippen LogP contribution in [-0.4, -0.2) is 15.4 Å². The predicted octanol–water partition coefficient (Wildman–Crippen LogP) is 3.49. The summed E-state index contributed by atoms with van der Waals surface area (Å²) >= 11 is 17.3. The van der Waals surface area contributed by atoms with Gasteiger partial charge in [0.25, 0.3) is 0 Å². The first-order chi connectivity index (χ1) is 7.35. The van der Waals surface area contributed by atoms with Crippen molar-refractivity contribution in [2.24, 2.45) is 17.8 Å². The van der Waals surface area contributed by atoms with E-state index < -0.39 is 28.0 Å². The molecule has 1 N–H and O–H groups in total. The molecule has 0 amide bonds. The summed E-state index contributed by atoms with van der Waals surface area (Å²) in [4.78, 5) is 10.9. The maximum atomic E-state index is 13.3. The summed E-state index contributed by atoms with van der Waals surface area (Å²) in [5.41, 5.74) is 0. The van der Waals surface area contributed by atoms with Gasteiger partial charge in [-0.3, -0.25) is 4.79 Å². The topological polar surface area (TPSA) is 37.3 Å². The monoisotopic (exact) mass is 284 g/mol. The molecule has 2 aliphatic rings. The van der Waals surface area contributed by atoms with E-state index in [2.05, 4.69) is 0 Å². The first-order valence-electron chi connectivity index (χ1n) is 4.68. The Morgan fingerprint density at radius 1 is 1.56 bits per heavy atom.